The first-order chi connectivity index (χ1) is 8.74. The van der Waals surface area contributed by atoms with Crippen molar-refractivity contribution in [3.63, 3.8) is 0 Å². The first kappa shape index (κ1) is 13.6. The van der Waals surface area contributed by atoms with Crippen LogP contribution in [0.15, 0.2) is 16.8 Å². The molecule has 1 saturated carbocycles. The van der Waals surface area contributed by atoms with Crippen LogP contribution in [0.3, 0.4) is 0 Å². The highest BCUT2D eigenvalue weighted by Crippen LogP contribution is 2.17. The highest BCUT2D eigenvalue weighted by Gasteiger charge is 2.17. The molecule has 1 heterocycles. The van der Waals surface area contributed by atoms with Crippen LogP contribution in [-0.4, -0.2) is 24.5 Å². The van der Waals surface area contributed by atoms with Crippen molar-refractivity contribution in [2.45, 2.75) is 51.1 Å². The molecule has 0 saturated heterocycles. The van der Waals surface area contributed by atoms with Gasteiger partial charge in [-0.2, -0.15) is 11.3 Å². The van der Waals surface area contributed by atoms with Gasteiger partial charge >= 0.3 is 0 Å². The van der Waals surface area contributed by atoms with Crippen LogP contribution < -0.4 is 10.6 Å². The third kappa shape index (κ3) is 4.42. The Bertz CT molecular complexity index is 358. The molecule has 1 aromatic rings. The summed E-state index contributed by atoms with van der Waals surface area (Å²) in [5, 5.41) is 10.6. The van der Waals surface area contributed by atoms with Gasteiger partial charge in [-0.05, 0) is 48.6 Å². The number of thiophene rings is 1. The molecule has 1 unspecified atom stereocenters. The third-order valence-corrected chi connectivity index (χ3v) is 4.19. The van der Waals surface area contributed by atoms with Gasteiger partial charge in [-0.3, -0.25) is 4.79 Å². The molecule has 3 nitrogen and oxygen atoms in total. The minimum absolute atomic E-state index is 0.138. The lowest BCUT2D eigenvalue weighted by Crippen LogP contribution is -2.42. The second kappa shape index (κ2) is 6.90. The van der Waals surface area contributed by atoms with E-state index in [1.54, 1.807) is 11.3 Å². The third-order valence-electron chi connectivity index (χ3n) is 3.45. The summed E-state index contributed by atoms with van der Waals surface area (Å²) in [6.45, 7) is 2.56. The first-order valence-electron chi connectivity index (χ1n) is 6.78. The van der Waals surface area contributed by atoms with Crippen molar-refractivity contribution in [2.75, 3.05) is 6.54 Å². The SMILES string of the molecule is CC(Cc1ccsc1)NCC(=O)NC1CCCC1. The lowest BCUT2D eigenvalue weighted by Gasteiger charge is -2.15. The Kier molecular flexibility index (Phi) is 5.20. The van der Waals surface area contributed by atoms with E-state index < -0.39 is 0 Å². The van der Waals surface area contributed by atoms with E-state index in [1.807, 2.05) is 0 Å². The summed E-state index contributed by atoms with van der Waals surface area (Å²) in [6.07, 6.45) is 5.80. The Hall–Kier alpha value is -0.870. The number of rotatable bonds is 6. The van der Waals surface area contributed by atoms with Crippen molar-refractivity contribution in [2.24, 2.45) is 0 Å². The fourth-order valence-corrected chi connectivity index (χ4v) is 3.13. The quantitative estimate of drug-likeness (QED) is 0.829. The predicted molar refractivity (Wildman–Crippen MR) is 75.9 cm³/mol. The maximum absolute atomic E-state index is 11.7. The van der Waals surface area contributed by atoms with Crippen LogP contribution in [0.1, 0.15) is 38.2 Å². The van der Waals surface area contributed by atoms with Gasteiger partial charge in [0.15, 0.2) is 0 Å². The highest BCUT2D eigenvalue weighted by molar-refractivity contribution is 7.07. The van der Waals surface area contributed by atoms with E-state index in [1.165, 1.54) is 18.4 Å². The first-order valence-corrected chi connectivity index (χ1v) is 7.72. The molecule has 0 radical (unpaired) electrons. The molecule has 2 N–H and O–H groups in total. The molecule has 1 aliphatic carbocycles. The van der Waals surface area contributed by atoms with E-state index in [9.17, 15) is 4.79 Å². The number of amides is 1. The molecule has 1 aromatic heterocycles. The Morgan fingerprint density at radius 1 is 1.50 bits per heavy atom. The smallest absolute Gasteiger partial charge is 0.234 e. The topological polar surface area (TPSA) is 41.1 Å². The summed E-state index contributed by atoms with van der Waals surface area (Å²) in [7, 11) is 0. The molecule has 0 spiro atoms. The van der Waals surface area contributed by atoms with Gasteiger partial charge in [0.2, 0.25) is 5.91 Å². The van der Waals surface area contributed by atoms with Gasteiger partial charge < -0.3 is 10.6 Å². The number of nitrogens with one attached hydrogen (secondary N) is 2. The summed E-state index contributed by atoms with van der Waals surface area (Å²) in [4.78, 5) is 11.7. The molecule has 1 atom stereocenters. The number of hydrogen-bond donors (Lipinski definition) is 2. The molecule has 0 aliphatic heterocycles. The summed E-state index contributed by atoms with van der Waals surface area (Å²) in [6, 6.07) is 2.90. The van der Waals surface area contributed by atoms with Crippen molar-refractivity contribution in [3.05, 3.63) is 22.4 Å². The minimum atomic E-state index is 0.138. The normalized spacial score (nSPS) is 17.8. The van der Waals surface area contributed by atoms with Crippen LogP contribution in [0.25, 0.3) is 0 Å². The van der Waals surface area contributed by atoms with Gasteiger partial charge in [0.05, 0.1) is 6.54 Å². The zero-order valence-electron chi connectivity index (χ0n) is 10.9. The molecule has 0 aromatic carbocycles. The molecule has 4 heteroatoms. The summed E-state index contributed by atoms with van der Waals surface area (Å²) < 4.78 is 0. The fourth-order valence-electron chi connectivity index (χ4n) is 2.45. The molecule has 1 fully saturated rings. The molecule has 2 rings (SSSR count). The van der Waals surface area contributed by atoms with Crippen LogP contribution in [0.4, 0.5) is 0 Å². The standard InChI is InChI=1S/C14H22N2OS/c1-11(8-12-6-7-18-10-12)15-9-14(17)16-13-4-2-3-5-13/h6-7,10-11,13,15H,2-5,8-9H2,1H3,(H,16,17). The van der Waals surface area contributed by atoms with E-state index in [0.717, 1.165) is 19.3 Å². The van der Waals surface area contributed by atoms with E-state index in [-0.39, 0.29) is 5.91 Å². The maximum Gasteiger partial charge on any atom is 0.234 e. The molecule has 18 heavy (non-hydrogen) atoms. The van der Waals surface area contributed by atoms with Crippen LogP contribution in [0, 0.1) is 0 Å². The van der Waals surface area contributed by atoms with Gasteiger partial charge in [0.25, 0.3) is 0 Å². The highest BCUT2D eigenvalue weighted by atomic mass is 32.1. The Balaban J connectivity index is 1.62. The monoisotopic (exact) mass is 266 g/mol. The average molecular weight is 266 g/mol. The molecule has 0 bridgehead atoms. The Morgan fingerprint density at radius 2 is 2.28 bits per heavy atom. The van der Waals surface area contributed by atoms with E-state index in [0.29, 0.717) is 18.6 Å². The van der Waals surface area contributed by atoms with Gasteiger partial charge in [-0.1, -0.05) is 12.8 Å². The van der Waals surface area contributed by atoms with Crippen molar-refractivity contribution in [3.8, 4) is 0 Å². The lowest BCUT2D eigenvalue weighted by molar-refractivity contribution is -0.121. The van der Waals surface area contributed by atoms with Crippen LogP contribution in [0.5, 0.6) is 0 Å². The zero-order valence-corrected chi connectivity index (χ0v) is 11.8. The van der Waals surface area contributed by atoms with Crippen LogP contribution in [-0.2, 0) is 11.2 Å². The van der Waals surface area contributed by atoms with Crippen LogP contribution in [0.2, 0.25) is 0 Å². The summed E-state index contributed by atoms with van der Waals surface area (Å²) >= 11 is 1.72. The van der Waals surface area contributed by atoms with Gasteiger partial charge in [0.1, 0.15) is 0 Å². The Labute approximate surface area is 113 Å². The Morgan fingerprint density at radius 3 is 2.94 bits per heavy atom. The summed E-state index contributed by atoms with van der Waals surface area (Å²) in [5.41, 5.74) is 1.34. The molecule has 1 aliphatic rings. The molecular weight excluding hydrogens is 244 g/mol. The largest absolute Gasteiger partial charge is 0.352 e. The zero-order chi connectivity index (χ0) is 12.8. The number of carbonyl (C=O) groups excluding carboxylic acids is 1. The average Bonchev–Trinajstić information content (AvgIpc) is 2.99. The van der Waals surface area contributed by atoms with Crippen molar-refractivity contribution in [1.82, 2.24) is 10.6 Å². The van der Waals surface area contributed by atoms with Gasteiger partial charge in [-0.15, -0.1) is 0 Å². The van der Waals surface area contributed by atoms with E-state index in [4.69, 9.17) is 0 Å². The van der Waals surface area contributed by atoms with Crippen molar-refractivity contribution < 1.29 is 4.79 Å². The van der Waals surface area contributed by atoms with E-state index >= 15 is 0 Å². The van der Waals surface area contributed by atoms with Crippen molar-refractivity contribution in [1.29, 1.82) is 0 Å². The van der Waals surface area contributed by atoms with E-state index in [2.05, 4.69) is 34.4 Å². The molecule has 1 amide bonds. The second-order valence-electron chi connectivity index (χ2n) is 5.17. The lowest BCUT2D eigenvalue weighted by atomic mass is 10.1. The fraction of sp³-hybridized carbons (Fsp3) is 0.643. The second-order valence-corrected chi connectivity index (χ2v) is 5.95. The minimum Gasteiger partial charge on any atom is -0.352 e. The van der Waals surface area contributed by atoms with Gasteiger partial charge in [0, 0.05) is 12.1 Å². The van der Waals surface area contributed by atoms with Gasteiger partial charge in [-0.25, -0.2) is 0 Å². The molecular formula is C14H22N2OS. The molecule has 100 valence electrons. The van der Waals surface area contributed by atoms with Crippen LogP contribution >= 0.6 is 11.3 Å². The maximum atomic E-state index is 11.7. The van der Waals surface area contributed by atoms with Crippen molar-refractivity contribution >= 4 is 17.2 Å². The number of carbonyl (C=O) groups is 1. The summed E-state index contributed by atoms with van der Waals surface area (Å²) in [5.74, 6) is 0.138. The predicted octanol–water partition coefficient (Wildman–Crippen LogP) is 2.33. The number of hydrogen-bond acceptors (Lipinski definition) is 3.